The minimum Gasteiger partial charge on any atom is -0.497 e. The van der Waals surface area contributed by atoms with Crippen LogP contribution < -0.4 is 20.3 Å². The standard InChI is InChI=1S/C22H32N4O4S/c1-22(2,3)18-8-7-14-11-15(30-5)12-17(19(14)25-18)26(4)10-6-9-23-21(29)24-16(13-31)20(27)28/h7-8,11-12,16,31H,6,9-10,13H2,1-5H3,(H,27,28)(H2,23,24,29)/t16-/m1/s1. The van der Waals surface area contributed by atoms with Crippen molar-refractivity contribution in [2.75, 3.05) is 37.9 Å². The van der Waals surface area contributed by atoms with Crippen molar-refractivity contribution >= 4 is 41.2 Å². The van der Waals surface area contributed by atoms with Crippen molar-refractivity contribution in [2.24, 2.45) is 0 Å². The van der Waals surface area contributed by atoms with Gasteiger partial charge in [-0.1, -0.05) is 26.8 Å². The molecule has 0 aliphatic heterocycles. The molecule has 1 heterocycles. The number of amides is 2. The second-order valence-electron chi connectivity index (χ2n) is 8.41. The van der Waals surface area contributed by atoms with Gasteiger partial charge in [-0.05, 0) is 18.6 Å². The molecule has 9 heteroatoms. The number of hydrogen-bond acceptors (Lipinski definition) is 6. The summed E-state index contributed by atoms with van der Waals surface area (Å²) >= 11 is 3.93. The van der Waals surface area contributed by atoms with Gasteiger partial charge in [0.25, 0.3) is 0 Å². The smallest absolute Gasteiger partial charge is 0.327 e. The summed E-state index contributed by atoms with van der Waals surface area (Å²) in [4.78, 5) is 29.8. The van der Waals surface area contributed by atoms with Gasteiger partial charge >= 0.3 is 12.0 Å². The number of thiol groups is 1. The summed E-state index contributed by atoms with van der Waals surface area (Å²) in [5.74, 6) is -0.335. The fraction of sp³-hybridized carbons (Fsp3) is 0.500. The Morgan fingerprint density at radius 3 is 2.58 bits per heavy atom. The summed E-state index contributed by atoms with van der Waals surface area (Å²) in [6, 6.07) is 6.51. The molecule has 1 aromatic heterocycles. The maximum atomic E-state index is 11.9. The van der Waals surface area contributed by atoms with Crippen molar-refractivity contribution in [2.45, 2.75) is 38.6 Å². The summed E-state index contributed by atoms with van der Waals surface area (Å²) in [6.07, 6.45) is 0.667. The fourth-order valence-corrected chi connectivity index (χ4v) is 3.30. The fourth-order valence-electron chi connectivity index (χ4n) is 3.05. The van der Waals surface area contributed by atoms with E-state index in [-0.39, 0.29) is 11.2 Å². The Morgan fingerprint density at radius 1 is 1.29 bits per heavy atom. The Hall–Kier alpha value is -2.68. The summed E-state index contributed by atoms with van der Waals surface area (Å²) in [5, 5.41) is 15.0. The number of nitrogens with one attached hydrogen (secondary N) is 2. The van der Waals surface area contributed by atoms with Crippen LogP contribution in [0.3, 0.4) is 0 Å². The Balaban J connectivity index is 2.08. The molecule has 8 nitrogen and oxygen atoms in total. The lowest BCUT2D eigenvalue weighted by atomic mass is 9.91. The van der Waals surface area contributed by atoms with Gasteiger partial charge in [0.2, 0.25) is 0 Å². The van der Waals surface area contributed by atoms with Gasteiger partial charge < -0.3 is 25.4 Å². The van der Waals surface area contributed by atoms with Gasteiger partial charge in [0.1, 0.15) is 11.8 Å². The number of methoxy groups -OCH3 is 1. The highest BCUT2D eigenvalue weighted by molar-refractivity contribution is 7.80. The van der Waals surface area contributed by atoms with Gasteiger partial charge in [-0.25, -0.2) is 9.59 Å². The normalized spacial score (nSPS) is 12.3. The number of aliphatic carboxylic acids is 1. The van der Waals surface area contributed by atoms with Crippen LogP contribution in [0, 0.1) is 0 Å². The van der Waals surface area contributed by atoms with Crippen molar-refractivity contribution in [1.29, 1.82) is 0 Å². The lowest BCUT2D eigenvalue weighted by Crippen LogP contribution is -2.47. The number of fused-ring (bicyclic) bond motifs is 1. The molecule has 1 atom stereocenters. The van der Waals surface area contributed by atoms with E-state index in [0.717, 1.165) is 28.0 Å². The Morgan fingerprint density at radius 2 is 2.00 bits per heavy atom. The van der Waals surface area contributed by atoms with Crippen molar-refractivity contribution in [3.8, 4) is 5.75 Å². The van der Waals surface area contributed by atoms with Crippen molar-refractivity contribution in [1.82, 2.24) is 15.6 Å². The Bertz CT molecular complexity index is 930. The van der Waals surface area contributed by atoms with Crippen LogP contribution in [0.5, 0.6) is 5.75 Å². The summed E-state index contributed by atoms with van der Waals surface area (Å²) in [5.41, 5.74) is 2.79. The van der Waals surface area contributed by atoms with Gasteiger partial charge in [-0.3, -0.25) is 4.98 Å². The molecule has 31 heavy (non-hydrogen) atoms. The second-order valence-corrected chi connectivity index (χ2v) is 8.78. The molecule has 0 radical (unpaired) electrons. The maximum Gasteiger partial charge on any atom is 0.327 e. The lowest BCUT2D eigenvalue weighted by molar-refractivity contribution is -0.138. The van der Waals surface area contributed by atoms with Gasteiger partial charge in [-0.2, -0.15) is 12.6 Å². The van der Waals surface area contributed by atoms with E-state index in [0.29, 0.717) is 19.5 Å². The SMILES string of the molecule is COc1cc(N(C)CCCNC(=O)N[C@H](CS)C(=O)O)c2nc(C(C)(C)C)ccc2c1. The van der Waals surface area contributed by atoms with E-state index >= 15 is 0 Å². The third kappa shape index (κ3) is 6.65. The number of aromatic nitrogens is 1. The monoisotopic (exact) mass is 448 g/mol. The van der Waals surface area contributed by atoms with Gasteiger partial charge in [-0.15, -0.1) is 0 Å². The van der Waals surface area contributed by atoms with Gasteiger partial charge in [0.05, 0.1) is 18.3 Å². The predicted octanol–water partition coefficient (Wildman–Crippen LogP) is 3.05. The molecular formula is C22H32N4O4S. The zero-order valence-electron chi connectivity index (χ0n) is 18.7. The molecule has 2 amide bonds. The van der Waals surface area contributed by atoms with Crippen LogP contribution in [-0.4, -0.2) is 61.1 Å². The number of carboxylic acid groups (broad SMARTS) is 1. The first-order valence-electron chi connectivity index (χ1n) is 10.1. The average Bonchev–Trinajstić information content (AvgIpc) is 2.72. The van der Waals surface area contributed by atoms with Crippen molar-refractivity contribution < 1.29 is 19.4 Å². The zero-order chi connectivity index (χ0) is 23.2. The number of urea groups is 1. The molecule has 0 unspecified atom stereocenters. The van der Waals surface area contributed by atoms with Crippen LogP contribution in [0.15, 0.2) is 24.3 Å². The second kappa shape index (κ2) is 10.6. The molecule has 0 spiro atoms. The molecule has 2 rings (SSSR count). The molecule has 1 aromatic carbocycles. The number of nitrogens with zero attached hydrogens (tertiary/aromatic N) is 2. The number of benzene rings is 1. The van der Waals surface area contributed by atoms with E-state index in [1.54, 1.807) is 7.11 Å². The molecule has 170 valence electrons. The number of anilines is 1. The predicted molar refractivity (Wildman–Crippen MR) is 127 cm³/mol. The van der Waals surface area contributed by atoms with Crippen LogP contribution >= 0.6 is 12.6 Å². The lowest BCUT2D eigenvalue weighted by Gasteiger charge is -2.24. The molecule has 0 aliphatic carbocycles. The largest absolute Gasteiger partial charge is 0.497 e. The van der Waals surface area contributed by atoms with E-state index < -0.39 is 18.0 Å². The molecule has 0 saturated carbocycles. The number of carbonyl (C=O) groups excluding carboxylic acids is 1. The minimum atomic E-state index is -1.11. The first-order valence-corrected chi connectivity index (χ1v) is 10.8. The topological polar surface area (TPSA) is 104 Å². The highest BCUT2D eigenvalue weighted by atomic mass is 32.1. The highest BCUT2D eigenvalue weighted by Gasteiger charge is 2.19. The molecular weight excluding hydrogens is 416 g/mol. The number of carbonyl (C=O) groups is 2. The van der Waals surface area contributed by atoms with Crippen LogP contribution in [0.25, 0.3) is 10.9 Å². The molecule has 2 aromatic rings. The quantitative estimate of drug-likeness (QED) is 0.347. The van der Waals surface area contributed by atoms with E-state index in [1.807, 2.05) is 25.2 Å². The highest BCUT2D eigenvalue weighted by Crippen LogP contribution is 2.32. The molecule has 0 aliphatic rings. The molecule has 0 bridgehead atoms. The van der Waals surface area contributed by atoms with Gasteiger partial charge in [0.15, 0.2) is 0 Å². The maximum absolute atomic E-state index is 11.9. The number of hydrogen-bond donors (Lipinski definition) is 4. The van der Waals surface area contributed by atoms with Crippen LogP contribution in [-0.2, 0) is 10.2 Å². The third-order valence-corrected chi connectivity index (χ3v) is 5.27. The van der Waals surface area contributed by atoms with Crippen molar-refractivity contribution in [3.05, 3.63) is 30.0 Å². The van der Waals surface area contributed by atoms with Crippen molar-refractivity contribution in [3.63, 3.8) is 0 Å². The summed E-state index contributed by atoms with van der Waals surface area (Å²) < 4.78 is 5.46. The van der Waals surface area contributed by atoms with E-state index in [4.69, 9.17) is 14.8 Å². The number of pyridine rings is 1. The number of rotatable bonds is 9. The first-order chi connectivity index (χ1) is 14.6. The van der Waals surface area contributed by atoms with Crippen LogP contribution in [0.2, 0.25) is 0 Å². The van der Waals surface area contributed by atoms with Gasteiger partial charge in [0, 0.05) is 48.5 Å². The molecule has 3 N–H and O–H groups in total. The van der Waals surface area contributed by atoms with E-state index in [1.165, 1.54) is 0 Å². The Labute approximate surface area is 188 Å². The minimum absolute atomic E-state index is 0.0258. The summed E-state index contributed by atoms with van der Waals surface area (Å²) in [7, 11) is 3.61. The first kappa shape index (κ1) is 24.6. The summed E-state index contributed by atoms with van der Waals surface area (Å²) in [6.45, 7) is 7.46. The van der Waals surface area contributed by atoms with Crippen LogP contribution in [0.4, 0.5) is 10.5 Å². The molecule has 0 saturated heterocycles. The third-order valence-electron chi connectivity index (χ3n) is 4.90. The Kier molecular flexibility index (Phi) is 8.38. The van der Waals surface area contributed by atoms with E-state index in [2.05, 4.69) is 55.0 Å². The van der Waals surface area contributed by atoms with Crippen LogP contribution in [0.1, 0.15) is 32.9 Å². The molecule has 0 fully saturated rings. The number of carboxylic acids is 1. The zero-order valence-corrected chi connectivity index (χ0v) is 19.6. The van der Waals surface area contributed by atoms with E-state index in [9.17, 15) is 9.59 Å². The average molecular weight is 449 g/mol. The number of ether oxygens (including phenoxy) is 1.